The van der Waals surface area contributed by atoms with Gasteiger partial charge in [-0.2, -0.15) is 0 Å². The number of likely N-dealkylation sites (N-methyl/N-ethyl adjacent to an activating group) is 1. The second-order valence-corrected chi connectivity index (χ2v) is 5.31. The lowest BCUT2D eigenvalue weighted by Gasteiger charge is -2.20. The third-order valence-corrected chi connectivity index (χ3v) is 3.97. The van der Waals surface area contributed by atoms with E-state index in [2.05, 4.69) is 5.32 Å². The largest absolute Gasteiger partial charge is 0.317 e. The first kappa shape index (κ1) is 13.5. The zero-order chi connectivity index (χ0) is 13.0. The molecule has 0 aliphatic heterocycles. The quantitative estimate of drug-likeness (QED) is 0.844. The van der Waals surface area contributed by atoms with E-state index in [4.69, 9.17) is 0 Å². The number of hydrogen-bond donors (Lipinski definition) is 1. The molecule has 0 amide bonds. The van der Waals surface area contributed by atoms with Crippen LogP contribution >= 0.6 is 0 Å². The Balaban J connectivity index is 1.98. The highest BCUT2D eigenvalue weighted by Gasteiger charge is 2.20. The standard InChI is InChI=1S/C15H21F2N/c1-18-14(8-11-4-2-3-5-11)10-12-9-13(16)6-7-15(12)17/h6-7,9,11,14,18H,2-5,8,10H2,1H3. The van der Waals surface area contributed by atoms with Gasteiger partial charge in [0, 0.05) is 6.04 Å². The van der Waals surface area contributed by atoms with Crippen molar-refractivity contribution < 1.29 is 8.78 Å². The van der Waals surface area contributed by atoms with Crippen molar-refractivity contribution in [3.8, 4) is 0 Å². The molecule has 0 spiro atoms. The fourth-order valence-electron chi connectivity index (χ4n) is 2.92. The Morgan fingerprint density at radius 3 is 2.67 bits per heavy atom. The molecule has 1 aliphatic rings. The van der Waals surface area contributed by atoms with E-state index in [0.29, 0.717) is 12.0 Å². The van der Waals surface area contributed by atoms with Crippen LogP contribution in [0.3, 0.4) is 0 Å². The van der Waals surface area contributed by atoms with Crippen molar-refractivity contribution >= 4 is 0 Å². The van der Waals surface area contributed by atoms with E-state index in [1.54, 1.807) is 0 Å². The van der Waals surface area contributed by atoms with Gasteiger partial charge in [0.15, 0.2) is 0 Å². The highest BCUT2D eigenvalue weighted by Crippen LogP contribution is 2.29. The molecule has 1 nitrogen and oxygen atoms in total. The summed E-state index contributed by atoms with van der Waals surface area (Å²) in [6.45, 7) is 0. The zero-order valence-corrected chi connectivity index (χ0v) is 10.9. The first-order valence-electron chi connectivity index (χ1n) is 6.80. The Kier molecular flexibility index (Phi) is 4.70. The molecule has 1 fully saturated rings. The van der Waals surface area contributed by atoms with Crippen LogP contribution in [0, 0.1) is 17.6 Å². The van der Waals surface area contributed by atoms with E-state index >= 15 is 0 Å². The molecule has 1 saturated carbocycles. The Morgan fingerprint density at radius 1 is 1.28 bits per heavy atom. The summed E-state index contributed by atoms with van der Waals surface area (Å²) in [4.78, 5) is 0. The average molecular weight is 253 g/mol. The molecule has 100 valence electrons. The van der Waals surface area contributed by atoms with Crippen LogP contribution in [-0.4, -0.2) is 13.1 Å². The third-order valence-electron chi connectivity index (χ3n) is 3.97. The van der Waals surface area contributed by atoms with Crippen molar-refractivity contribution in [2.24, 2.45) is 5.92 Å². The van der Waals surface area contributed by atoms with Gasteiger partial charge < -0.3 is 5.32 Å². The minimum atomic E-state index is -0.359. The molecule has 1 unspecified atom stereocenters. The molecular formula is C15H21F2N. The van der Waals surface area contributed by atoms with E-state index < -0.39 is 0 Å². The Bertz CT molecular complexity index is 386. The lowest BCUT2D eigenvalue weighted by atomic mass is 9.94. The summed E-state index contributed by atoms with van der Waals surface area (Å²) in [5.41, 5.74) is 0.479. The van der Waals surface area contributed by atoms with Gasteiger partial charge >= 0.3 is 0 Å². The minimum Gasteiger partial charge on any atom is -0.317 e. The number of hydrogen-bond acceptors (Lipinski definition) is 1. The summed E-state index contributed by atoms with van der Waals surface area (Å²) < 4.78 is 26.7. The molecule has 1 aromatic carbocycles. The van der Waals surface area contributed by atoms with Crippen molar-refractivity contribution in [2.45, 2.75) is 44.6 Å². The van der Waals surface area contributed by atoms with Gasteiger partial charge in [-0.15, -0.1) is 0 Å². The van der Waals surface area contributed by atoms with Crippen molar-refractivity contribution in [1.29, 1.82) is 0 Å². The second-order valence-electron chi connectivity index (χ2n) is 5.31. The first-order valence-corrected chi connectivity index (χ1v) is 6.80. The van der Waals surface area contributed by atoms with Gasteiger partial charge in [-0.3, -0.25) is 0 Å². The topological polar surface area (TPSA) is 12.0 Å². The predicted octanol–water partition coefficient (Wildman–Crippen LogP) is 3.68. The fourth-order valence-corrected chi connectivity index (χ4v) is 2.92. The first-order chi connectivity index (χ1) is 8.69. The molecule has 0 bridgehead atoms. The molecule has 0 radical (unpaired) electrons. The van der Waals surface area contributed by atoms with E-state index in [1.807, 2.05) is 7.05 Å². The monoisotopic (exact) mass is 253 g/mol. The van der Waals surface area contributed by atoms with Crippen molar-refractivity contribution in [3.63, 3.8) is 0 Å². The molecule has 3 heteroatoms. The second kappa shape index (κ2) is 6.28. The minimum absolute atomic E-state index is 0.240. The fraction of sp³-hybridized carbons (Fsp3) is 0.600. The molecule has 0 saturated heterocycles. The van der Waals surface area contributed by atoms with Gasteiger partial charge in [0.25, 0.3) is 0 Å². The third kappa shape index (κ3) is 3.52. The van der Waals surface area contributed by atoms with Gasteiger partial charge in [-0.1, -0.05) is 25.7 Å². The summed E-state index contributed by atoms with van der Waals surface area (Å²) >= 11 is 0. The summed E-state index contributed by atoms with van der Waals surface area (Å²) in [7, 11) is 1.90. The van der Waals surface area contributed by atoms with Crippen LogP contribution in [0.4, 0.5) is 8.78 Å². The van der Waals surface area contributed by atoms with Gasteiger partial charge in [0.05, 0.1) is 0 Å². The van der Waals surface area contributed by atoms with Gasteiger partial charge in [0.1, 0.15) is 11.6 Å². The average Bonchev–Trinajstić information content (AvgIpc) is 2.85. The van der Waals surface area contributed by atoms with Crippen LogP contribution in [0.25, 0.3) is 0 Å². The summed E-state index contributed by atoms with van der Waals surface area (Å²) in [6, 6.07) is 3.94. The van der Waals surface area contributed by atoms with Gasteiger partial charge in [0.2, 0.25) is 0 Å². The number of nitrogens with one attached hydrogen (secondary N) is 1. The van der Waals surface area contributed by atoms with Crippen LogP contribution < -0.4 is 5.32 Å². The lowest BCUT2D eigenvalue weighted by Crippen LogP contribution is -2.30. The van der Waals surface area contributed by atoms with Crippen molar-refractivity contribution in [3.05, 3.63) is 35.4 Å². The highest BCUT2D eigenvalue weighted by molar-refractivity contribution is 5.19. The predicted molar refractivity (Wildman–Crippen MR) is 69.5 cm³/mol. The summed E-state index contributed by atoms with van der Waals surface area (Å²) in [5, 5.41) is 3.23. The van der Waals surface area contributed by atoms with Gasteiger partial charge in [-0.05, 0) is 49.6 Å². The van der Waals surface area contributed by atoms with E-state index in [-0.39, 0.29) is 17.7 Å². The van der Waals surface area contributed by atoms with E-state index in [1.165, 1.54) is 43.9 Å². The van der Waals surface area contributed by atoms with Crippen LogP contribution in [0.2, 0.25) is 0 Å². The van der Waals surface area contributed by atoms with Crippen LogP contribution in [0.5, 0.6) is 0 Å². The molecule has 1 atom stereocenters. The highest BCUT2D eigenvalue weighted by atomic mass is 19.1. The Morgan fingerprint density at radius 2 is 2.00 bits per heavy atom. The Labute approximate surface area is 108 Å². The molecule has 2 rings (SSSR count). The zero-order valence-electron chi connectivity index (χ0n) is 10.9. The normalized spacial score (nSPS) is 18.2. The molecule has 1 aromatic rings. The molecule has 0 heterocycles. The van der Waals surface area contributed by atoms with Crippen LogP contribution in [0.1, 0.15) is 37.7 Å². The molecular weight excluding hydrogens is 232 g/mol. The molecule has 1 N–H and O–H groups in total. The summed E-state index contributed by atoms with van der Waals surface area (Å²) in [6.07, 6.45) is 6.82. The maximum Gasteiger partial charge on any atom is 0.126 e. The van der Waals surface area contributed by atoms with Crippen molar-refractivity contribution in [2.75, 3.05) is 7.05 Å². The Hall–Kier alpha value is -0.960. The maximum atomic E-state index is 13.6. The molecule has 18 heavy (non-hydrogen) atoms. The van der Waals surface area contributed by atoms with Crippen molar-refractivity contribution in [1.82, 2.24) is 5.32 Å². The maximum absolute atomic E-state index is 13.6. The number of halogens is 2. The van der Waals surface area contributed by atoms with E-state index in [9.17, 15) is 8.78 Å². The number of benzene rings is 1. The van der Waals surface area contributed by atoms with Gasteiger partial charge in [-0.25, -0.2) is 8.78 Å². The lowest BCUT2D eigenvalue weighted by molar-refractivity contribution is 0.398. The molecule has 1 aliphatic carbocycles. The molecule has 0 aromatic heterocycles. The van der Waals surface area contributed by atoms with Crippen LogP contribution in [0.15, 0.2) is 18.2 Å². The smallest absolute Gasteiger partial charge is 0.126 e. The summed E-state index contributed by atoms with van der Waals surface area (Å²) in [5.74, 6) is 0.0873. The SMILES string of the molecule is CNC(Cc1cc(F)ccc1F)CC1CCCC1. The van der Waals surface area contributed by atoms with E-state index in [0.717, 1.165) is 12.3 Å². The number of rotatable bonds is 5. The van der Waals surface area contributed by atoms with Crippen LogP contribution in [-0.2, 0) is 6.42 Å².